The number of amides is 1. The summed E-state index contributed by atoms with van der Waals surface area (Å²) in [6.45, 7) is 2.40. The summed E-state index contributed by atoms with van der Waals surface area (Å²) in [5, 5.41) is 2.91. The lowest BCUT2D eigenvalue weighted by Gasteiger charge is -2.13. The van der Waals surface area contributed by atoms with Gasteiger partial charge in [-0.15, -0.1) is 11.8 Å². The quantitative estimate of drug-likeness (QED) is 0.561. The number of carbonyl (C=O) groups is 1. The van der Waals surface area contributed by atoms with Crippen LogP contribution in [0.25, 0.3) is 0 Å². The second kappa shape index (κ2) is 9.80. The molecule has 1 aromatic heterocycles. The number of methoxy groups -OCH3 is 1. The number of hydrogen-bond donors (Lipinski definition) is 1. The maximum Gasteiger partial charge on any atom is 0.234 e. The smallest absolute Gasteiger partial charge is 0.234 e. The Labute approximate surface area is 169 Å². The number of ether oxygens (including phenoxy) is 2. The van der Waals surface area contributed by atoms with E-state index in [1.165, 1.54) is 11.8 Å². The number of nitrogens with zero attached hydrogens (tertiary/aromatic N) is 1. The molecule has 0 aliphatic heterocycles. The zero-order valence-corrected chi connectivity index (χ0v) is 16.7. The molecule has 5 nitrogen and oxygen atoms in total. The molecule has 0 atom stereocenters. The number of carbonyl (C=O) groups excluding carboxylic acids is 1. The lowest BCUT2D eigenvalue weighted by Crippen LogP contribution is -2.14. The first kappa shape index (κ1) is 19.8. The Morgan fingerprint density at radius 1 is 1.11 bits per heavy atom. The van der Waals surface area contributed by atoms with Crippen LogP contribution in [-0.4, -0.2) is 23.8 Å². The van der Waals surface area contributed by atoms with Gasteiger partial charge < -0.3 is 14.8 Å². The Balaban J connectivity index is 1.61. The van der Waals surface area contributed by atoms with E-state index in [1.54, 1.807) is 37.7 Å². The molecule has 0 saturated carbocycles. The van der Waals surface area contributed by atoms with Crippen molar-refractivity contribution in [1.29, 1.82) is 0 Å². The molecule has 0 aliphatic rings. The normalized spacial score (nSPS) is 10.4. The SMILES string of the molecule is COc1ccc(NC(=O)CSc2ccccc2C)cc1OCc1cccnc1. The molecule has 1 N–H and O–H groups in total. The highest BCUT2D eigenvalue weighted by molar-refractivity contribution is 8.00. The summed E-state index contributed by atoms with van der Waals surface area (Å²) in [7, 11) is 1.59. The highest BCUT2D eigenvalue weighted by atomic mass is 32.2. The standard InChI is InChI=1S/C22H22N2O3S/c1-16-6-3-4-8-21(16)28-15-22(25)24-18-9-10-19(26-2)20(12-18)27-14-17-7-5-11-23-13-17/h3-13H,14-15H2,1-2H3,(H,24,25). The Morgan fingerprint density at radius 2 is 1.96 bits per heavy atom. The second-order valence-electron chi connectivity index (χ2n) is 6.12. The van der Waals surface area contributed by atoms with Gasteiger partial charge in [0.25, 0.3) is 0 Å². The van der Waals surface area contributed by atoms with Gasteiger partial charge in [-0.25, -0.2) is 0 Å². The molecule has 3 aromatic rings. The van der Waals surface area contributed by atoms with E-state index in [1.807, 2.05) is 43.3 Å². The van der Waals surface area contributed by atoms with Crippen LogP contribution in [0.5, 0.6) is 11.5 Å². The van der Waals surface area contributed by atoms with Gasteiger partial charge in [0.1, 0.15) is 6.61 Å². The van der Waals surface area contributed by atoms with Crippen LogP contribution in [-0.2, 0) is 11.4 Å². The fraction of sp³-hybridized carbons (Fsp3) is 0.182. The summed E-state index contributed by atoms with van der Waals surface area (Å²) in [5.41, 5.74) is 2.78. The number of hydrogen-bond acceptors (Lipinski definition) is 5. The van der Waals surface area contributed by atoms with E-state index in [-0.39, 0.29) is 5.91 Å². The molecule has 6 heteroatoms. The van der Waals surface area contributed by atoms with Gasteiger partial charge in [-0.2, -0.15) is 0 Å². The van der Waals surface area contributed by atoms with Gasteiger partial charge in [-0.3, -0.25) is 9.78 Å². The van der Waals surface area contributed by atoms with Crippen molar-refractivity contribution >= 4 is 23.4 Å². The number of aromatic nitrogens is 1. The first-order chi connectivity index (χ1) is 13.7. The van der Waals surface area contributed by atoms with E-state index in [4.69, 9.17) is 9.47 Å². The van der Waals surface area contributed by atoms with E-state index in [9.17, 15) is 4.79 Å². The largest absolute Gasteiger partial charge is 0.493 e. The summed E-state index contributed by atoms with van der Waals surface area (Å²) >= 11 is 1.52. The Hall–Kier alpha value is -2.99. The third kappa shape index (κ3) is 5.50. The van der Waals surface area contributed by atoms with Crippen LogP contribution < -0.4 is 14.8 Å². The average molecular weight is 394 g/mol. The highest BCUT2D eigenvalue weighted by Crippen LogP contribution is 2.31. The highest BCUT2D eigenvalue weighted by Gasteiger charge is 2.10. The van der Waals surface area contributed by atoms with Gasteiger partial charge >= 0.3 is 0 Å². The molecule has 0 fully saturated rings. The molecule has 28 heavy (non-hydrogen) atoms. The molecule has 2 aromatic carbocycles. The number of thioether (sulfide) groups is 1. The Kier molecular flexibility index (Phi) is 6.92. The first-order valence-electron chi connectivity index (χ1n) is 8.84. The van der Waals surface area contributed by atoms with Gasteiger partial charge in [-0.1, -0.05) is 24.3 Å². The van der Waals surface area contributed by atoms with Crippen molar-refractivity contribution in [3.63, 3.8) is 0 Å². The molecular weight excluding hydrogens is 372 g/mol. The van der Waals surface area contributed by atoms with Crippen LogP contribution in [0.3, 0.4) is 0 Å². The number of rotatable bonds is 8. The molecule has 0 radical (unpaired) electrons. The summed E-state index contributed by atoms with van der Waals surface area (Å²) in [6.07, 6.45) is 3.47. The summed E-state index contributed by atoms with van der Waals surface area (Å²) in [4.78, 5) is 17.5. The first-order valence-corrected chi connectivity index (χ1v) is 9.82. The molecule has 0 unspecified atom stereocenters. The molecular formula is C22H22N2O3S. The number of benzene rings is 2. The third-order valence-electron chi connectivity index (χ3n) is 4.02. The van der Waals surface area contributed by atoms with Crippen molar-refractivity contribution in [2.75, 3.05) is 18.2 Å². The fourth-order valence-electron chi connectivity index (χ4n) is 2.57. The number of nitrogens with one attached hydrogen (secondary N) is 1. The lowest BCUT2D eigenvalue weighted by atomic mass is 10.2. The topological polar surface area (TPSA) is 60.5 Å². The van der Waals surface area contributed by atoms with Crippen molar-refractivity contribution < 1.29 is 14.3 Å². The maximum absolute atomic E-state index is 12.3. The Morgan fingerprint density at radius 3 is 2.71 bits per heavy atom. The minimum absolute atomic E-state index is 0.0726. The Bertz CT molecular complexity index is 932. The van der Waals surface area contributed by atoms with E-state index in [2.05, 4.69) is 10.3 Å². The van der Waals surface area contributed by atoms with Crippen LogP contribution in [0, 0.1) is 6.92 Å². The molecule has 3 rings (SSSR count). The number of aryl methyl sites for hydroxylation is 1. The van der Waals surface area contributed by atoms with Gasteiger partial charge in [0.2, 0.25) is 5.91 Å². The van der Waals surface area contributed by atoms with Crippen molar-refractivity contribution in [3.8, 4) is 11.5 Å². The fourth-order valence-corrected chi connectivity index (χ4v) is 3.40. The maximum atomic E-state index is 12.3. The number of pyridine rings is 1. The van der Waals surface area contributed by atoms with Crippen LogP contribution in [0.4, 0.5) is 5.69 Å². The third-order valence-corrected chi connectivity index (χ3v) is 5.19. The van der Waals surface area contributed by atoms with Crippen molar-refractivity contribution in [1.82, 2.24) is 4.98 Å². The van der Waals surface area contributed by atoms with Gasteiger partial charge in [0.15, 0.2) is 11.5 Å². The zero-order valence-electron chi connectivity index (χ0n) is 15.8. The van der Waals surface area contributed by atoms with E-state index in [0.717, 1.165) is 16.0 Å². The molecule has 0 saturated heterocycles. The van der Waals surface area contributed by atoms with Crippen LogP contribution in [0.1, 0.15) is 11.1 Å². The van der Waals surface area contributed by atoms with Gasteiger partial charge in [0, 0.05) is 34.6 Å². The van der Waals surface area contributed by atoms with E-state index < -0.39 is 0 Å². The summed E-state index contributed by atoms with van der Waals surface area (Å²) in [5.74, 6) is 1.44. The minimum Gasteiger partial charge on any atom is -0.493 e. The van der Waals surface area contributed by atoms with Crippen LogP contribution in [0.15, 0.2) is 71.9 Å². The predicted octanol–water partition coefficient (Wildman–Crippen LogP) is 4.71. The van der Waals surface area contributed by atoms with Crippen molar-refractivity contribution in [2.45, 2.75) is 18.4 Å². The molecule has 0 bridgehead atoms. The number of anilines is 1. The van der Waals surface area contributed by atoms with Crippen molar-refractivity contribution in [2.24, 2.45) is 0 Å². The molecule has 144 valence electrons. The molecule has 0 spiro atoms. The van der Waals surface area contributed by atoms with E-state index >= 15 is 0 Å². The lowest BCUT2D eigenvalue weighted by molar-refractivity contribution is -0.113. The predicted molar refractivity (Wildman–Crippen MR) is 112 cm³/mol. The summed E-state index contributed by atoms with van der Waals surface area (Å²) in [6, 6.07) is 17.2. The minimum atomic E-state index is -0.0726. The monoisotopic (exact) mass is 394 g/mol. The molecule has 0 aliphatic carbocycles. The molecule has 1 amide bonds. The van der Waals surface area contributed by atoms with Crippen LogP contribution in [0.2, 0.25) is 0 Å². The summed E-state index contributed by atoms with van der Waals surface area (Å²) < 4.78 is 11.2. The zero-order chi connectivity index (χ0) is 19.8. The van der Waals surface area contributed by atoms with E-state index in [0.29, 0.717) is 29.5 Å². The van der Waals surface area contributed by atoms with Crippen LogP contribution >= 0.6 is 11.8 Å². The van der Waals surface area contributed by atoms with Gasteiger partial charge in [0.05, 0.1) is 12.9 Å². The molecule has 1 heterocycles. The second-order valence-corrected chi connectivity index (χ2v) is 7.14. The van der Waals surface area contributed by atoms with Crippen molar-refractivity contribution in [3.05, 3.63) is 78.1 Å². The van der Waals surface area contributed by atoms with Gasteiger partial charge in [-0.05, 0) is 36.8 Å². The average Bonchev–Trinajstić information content (AvgIpc) is 2.72.